The number of nitriles is 1. The van der Waals surface area contributed by atoms with Crippen LogP contribution in [0.3, 0.4) is 0 Å². The highest BCUT2D eigenvalue weighted by Gasteiger charge is 2.13. The van der Waals surface area contributed by atoms with E-state index >= 15 is 0 Å². The SMILES string of the molecule is N#Cc1cccc(OCCC(N)C(=O)Nc2ccccc2)c1. The zero-order valence-corrected chi connectivity index (χ0v) is 12.0. The Balaban J connectivity index is 1.78. The highest BCUT2D eigenvalue weighted by Crippen LogP contribution is 2.13. The molecule has 0 heterocycles. The molecule has 0 bridgehead atoms. The Morgan fingerprint density at radius 2 is 2.00 bits per heavy atom. The topological polar surface area (TPSA) is 88.1 Å². The number of anilines is 1. The van der Waals surface area contributed by atoms with E-state index in [0.717, 1.165) is 0 Å². The molecule has 112 valence electrons. The van der Waals surface area contributed by atoms with Gasteiger partial charge in [0.25, 0.3) is 0 Å². The predicted octanol–water partition coefficient (Wildman–Crippen LogP) is 2.29. The van der Waals surface area contributed by atoms with Crippen molar-refractivity contribution in [2.45, 2.75) is 12.5 Å². The smallest absolute Gasteiger partial charge is 0.241 e. The van der Waals surface area contributed by atoms with E-state index in [9.17, 15) is 4.79 Å². The van der Waals surface area contributed by atoms with Crippen LogP contribution in [0.1, 0.15) is 12.0 Å². The first kappa shape index (κ1) is 15.5. The Bertz CT molecular complexity index is 665. The van der Waals surface area contributed by atoms with E-state index in [0.29, 0.717) is 30.0 Å². The number of hydrogen-bond donors (Lipinski definition) is 2. The second-order valence-corrected chi connectivity index (χ2v) is 4.74. The predicted molar refractivity (Wildman–Crippen MR) is 84.3 cm³/mol. The molecule has 2 aromatic carbocycles. The molecule has 0 saturated carbocycles. The second kappa shape index (κ2) is 7.81. The van der Waals surface area contributed by atoms with Crippen molar-refractivity contribution in [2.24, 2.45) is 5.73 Å². The minimum absolute atomic E-state index is 0.249. The van der Waals surface area contributed by atoms with Crippen LogP contribution >= 0.6 is 0 Å². The number of carbonyl (C=O) groups is 1. The maximum Gasteiger partial charge on any atom is 0.241 e. The molecule has 0 aromatic heterocycles. The van der Waals surface area contributed by atoms with Crippen molar-refractivity contribution < 1.29 is 9.53 Å². The van der Waals surface area contributed by atoms with Gasteiger partial charge in [-0.25, -0.2) is 0 Å². The number of rotatable bonds is 6. The Kier molecular flexibility index (Phi) is 5.52. The van der Waals surface area contributed by atoms with E-state index in [1.807, 2.05) is 24.3 Å². The quantitative estimate of drug-likeness (QED) is 0.855. The van der Waals surface area contributed by atoms with E-state index in [1.165, 1.54) is 0 Å². The van der Waals surface area contributed by atoms with Crippen LogP contribution in [0.15, 0.2) is 54.6 Å². The van der Waals surface area contributed by atoms with Crippen LogP contribution in [0.25, 0.3) is 0 Å². The zero-order chi connectivity index (χ0) is 15.8. The molecule has 0 saturated heterocycles. The molecular formula is C17H17N3O2. The fourth-order valence-corrected chi connectivity index (χ4v) is 1.85. The fraction of sp³-hybridized carbons (Fsp3) is 0.176. The Labute approximate surface area is 129 Å². The normalized spacial score (nSPS) is 11.3. The molecular weight excluding hydrogens is 278 g/mol. The highest BCUT2D eigenvalue weighted by molar-refractivity contribution is 5.94. The van der Waals surface area contributed by atoms with Gasteiger partial charge in [0, 0.05) is 12.1 Å². The summed E-state index contributed by atoms with van der Waals surface area (Å²) < 4.78 is 5.51. The molecule has 1 atom stereocenters. The number of hydrogen-bond acceptors (Lipinski definition) is 4. The molecule has 5 heteroatoms. The number of nitrogens with one attached hydrogen (secondary N) is 1. The van der Waals surface area contributed by atoms with Gasteiger partial charge < -0.3 is 15.8 Å². The molecule has 1 unspecified atom stereocenters. The lowest BCUT2D eigenvalue weighted by molar-refractivity contribution is -0.117. The van der Waals surface area contributed by atoms with Crippen LogP contribution in [0, 0.1) is 11.3 Å². The number of para-hydroxylation sites is 1. The van der Waals surface area contributed by atoms with Gasteiger partial charge in [-0.05, 0) is 30.3 Å². The van der Waals surface area contributed by atoms with Crippen molar-refractivity contribution in [3.05, 3.63) is 60.2 Å². The summed E-state index contributed by atoms with van der Waals surface area (Å²) in [5, 5.41) is 11.6. The van der Waals surface area contributed by atoms with Crippen LogP contribution in [-0.4, -0.2) is 18.6 Å². The van der Waals surface area contributed by atoms with Gasteiger partial charge in [-0.2, -0.15) is 5.26 Å². The maximum atomic E-state index is 11.9. The third-order valence-corrected chi connectivity index (χ3v) is 3.04. The number of nitrogens with zero attached hydrogens (tertiary/aromatic N) is 1. The van der Waals surface area contributed by atoms with Crippen molar-refractivity contribution in [3.8, 4) is 11.8 Å². The van der Waals surface area contributed by atoms with Crippen LogP contribution in [0.2, 0.25) is 0 Å². The summed E-state index contributed by atoms with van der Waals surface area (Å²) >= 11 is 0. The van der Waals surface area contributed by atoms with Crippen molar-refractivity contribution in [2.75, 3.05) is 11.9 Å². The molecule has 1 amide bonds. The Morgan fingerprint density at radius 3 is 2.73 bits per heavy atom. The van der Waals surface area contributed by atoms with Crippen LogP contribution in [0.4, 0.5) is 5.69 Å². The van der Waals surface area contributed by atoms with Gasteiger partial charge in [0.05, 0.1) is 24.3 Å². The highest BCUT2D eigenvalue weighted by atomic mass is 16.5. The lowest BCUT2D eigenvalue weighted by Crippen LogP contribution is -2.36. The number of carbonyl (C=O) groups excluding carboxylic acids is 1. The van der Waals surface area contributed by atoms with Gasteiger partial charge >= 0.3 is 0 Å². The minimum Gasteiger partial charge on any atom is -0.493 e. The number of benzene rings is 2. The van der Waals surface area contributed by atoms with Gasteiger partial charge in [-0.3, -0.25) is 4.79 Å². The van der Waals surface area contributed by atoms with E-state index < -0.39 is 6.04 Å². The third-order valence-electron chi connectivity index (χ3n) is 3.04. The van der Waals surface area contributed by atoms with Crippen molar-refractivity contribution >= 4 is 11.6 Å². The van der Waals surface area contributed by atoms with E-state index in [2.05, 4.69) is 5.32 Å². The molecule has 2 rings (SSSR count). The van der Waals surface area contributed by atoms with Crippen molar-refractivity contribution in [1.29, 1.82) is 5.26 Å². The fourth-order valence-electron chi connectivity index (χ4n) is 1.85. The summed E-state index contributed by atoms with van der Waals surface area (Å²) in [6.45, 7) is 0.304. The third kappa shape index (κ3) is 4.62. The standard InChI is InChI=1S/C17H17N3O2/c18-12-13-5-4-8-15(11-13)22-10-9-16(19)17(21)20-14-6-2-1-3-7-14/h1-8,11,16H,9-10,19H2,(H,20,21). The molecule has 2 aromatic rings. The van der Waals surface area contributed by atoms with Gasteiger partial charge in [0.2, 0.25) is 5.91 Å². The Morgan fingerprint density at radius 1 is 1.23 bits per heavy atom. The minimum atomic E-state index is -0.653. The number of ether oxygens (including phenoxy) is 1. The summed E-state index contributed by atoms with van der Waals surface area (Å²) in [6.07, 6.45) is 0.384. The first-order valence-corrected chi connectivity index (χ1v) is 6.93. The van der Waals surface area contributed by atoms with Crippen molar-refractivity contribution in [3.63, 3.8) is 0 Å². The average molecular weight is 295 g/mol. The first-order chi connectivity index (χ1) is 10.7. The van der Waals surface area contributed by atoms with Crippen LogP contribution in [-0.2, 0) is 4.79 Å². The lowest BCUT2D eigenvalue weighted by Gasteiger charge is -2.13. The van der Waals surface area contributed by atoms with Crippen LogP contribution < -0.4 is 15.8 Å². The number of amides is 1. The largest absolute Gasteiger partial charge is 0.493 e. The van der Waals surface area contributed by atoms with Gasteiger partial charge in [0.1, 0.15) is 5.75 Å². The molecule has 0 aliphatic heterocycles. The van der Waals surface area contributed by atoms with E-state index in [-0.39, 0.29) is 5.91 Å². The second-order valence-electron chi connectivity index (χ2n) is 4.74. The van der Waals surface area contributed by atoms with Crippen molar-refractivity contribution in [1.82, 2.24) is 0 Å². The van der Waals surface area contributed by atoms with Gasteiger partial charge in [-0.15, -0.1) is 0 Å². The summed E-state index contributed by atoms with van der Waals surface area (Å²) in [4.78, 5) is 11.9. The Hall–Kier alpha value is -2.84. The molecule has 22 heavy (non-hydrogen) atoms. The van der Waals surface area contributed by atoms with Gasteiger partial charge in [0.15, 0.2) is 0 Å². The maximum absolute atomic E-state index is 11.9. The summed E-state index contributed by atoms with van der Waals surface area (Å²) in [7, 11) is 0. The monoisotopic (exact) mass is 295 g/mol. The summed E-state index contributed by atoms with van der Waals surface area (Å²) in [5.41, 5.74) is 7.09. The molecule has 3 N–H and O–H groups in total. The average Bonchev–Trinajstić information content (AvgIpc) is 2.56. The molecule has 0 aliphatic carbocycles. The van der Waals surface area contributed by atoms with E-state index in [4.69, 9.17) is 15.7 Å². The first-order valence-electron chi connectivity index (χ1n) is 6.93. The lowest BCUT2D eigenvalue weighted by atomic mass is 10.2. The zero-order valence-electron chi connectivity index (χ0n) is 12.0. The molecule has 5 nitrogen and oxygen atoms in total. The molecule has 0 aliphatic rings. The van der Waals surface area contributed by atoms with Gasteiger partial charge in [-0.1, -0.05) is 24.3 Å². The molecule has 0 spiro atoms. The summed E-state index contributed by atoms with van der Waals surface area (Å²) in [6, 6.07) is 17.4. The summed E-state index contributed by atoms with van der Waals surface area (Å²) in [5.74, 6) is 0.343. The molecule has 0 fully saturated rings. The molecule has 0 radical (unpaired) electrons. The van der Waals surface area contributed by atoms with E-state index in [1.54, 1.807) is 36.4 Å². The number of nitrogens with two attached hydrogens (primary N) is 1. The van der Waals surface area contributed by atoms with Crippen LogP contribution in [0.5, 0.6) is 5.75 Å².